The van der Waals surface area contributed by atoms with Crippen LogP contribution in [0.3, 0.4) is 0 Å². The maximum absolute atomic E-state index is 4.46. The topological polar surface area (TPSA) is 30.9 Å². The number of guanidine groups is 1. The van der Waals surface area contributed by atoms with Crippen molar-refractivity contribution >= 4 is 29.9 Å². The van der Waals surface area contributed by atoms with Gasteiger partial charge in [-0.05, 0) is 44.0 Å². The van der Waals surface area contributed by atoms with Crippen LogP contribution in [0, 0.1) is 5.92 Å². The number of benzene rings is 1. The lowest BCUT2D eigenvalue weighted by Crippen LogP contribution is -2.45. The minimum atomic E-state index is 0. The van der Waals surface area contributed by atoms with Crippen molar-refractivity contribution in [2.24, 2.45) is 10.9 Å². The first-order chi connectivity index (χ1) is 10.6. The molecule has 0 amide bonds. The van der Waals surface area contributed by atoms with Crippen LogP contribution in [0.15, 0.2) is 29.3 Å². The largest absolute Gasteiger partial charge is 0.352 e. The molecule has 0 aromatic heterocycles. The predicted octanol–water partition coefficient (Wildman–Crippen LogP) is 3.17. The smallest absolute Gasteiger partial charge is 0.193 e. The molecule has 5 heteroatoms. The van der Waals surface area contributed by atoms with Gasteiger partial charge in [-0.3, -0.25) is 4.99 Å². The van der Waals surface area contributed by atoms with E-state index in [2.05, 4.69) is 65.4 Å². The van der Waals surface area contributed by atoms with Crippen LogP contribution in [0.1, 0.15) is 30.9 Å². The Morgan fingerprint density at radius 3 is 2.39 bits per heavy atom. The Bertz CT molecular complexity index is 494. The number of piperidine rings is 1. The van der Waals surface area contributed by atoms with Crippen LogP contribution in [0.25, 0.3) is 0 Å². The lowest BCUT2D eigenvalue weighted by atomic mass is 9.99. The van der Waals surface area contributed by atoms with E-state index in [4.69, 9.17) is 0 Å². The van der Waals surface area contributed by atoms with Gasteiger partial charge in [0.25, 0.3) is 0 Å². The normalized spacial score (nSPS) is 16.4. The highest BCUT2D eigenvalue weighted by molar-refractivity contribution is 14.0. The van der Waals surface area contributed by atoms with E-state index in [0.29, 0.717) is 0 Å². The molecule has 2 rings (SSSR count). The SMILES string of the molecule is CN=C(NCc1ccccc1CN(C)C)N1CCC(C)CC1.I. The first kappa shape index (κ1) is 20.2. The molecular formula is C18H31IN4. The Morgan fingerprint density at radius 2 is 1.83 bits per heavy atom. The van der Waals surface area contributed by atoms with Gasteiger partial charge in [-0.1, -0.05) is 31.2 Å². The third-order valence-electron chi connectivity index (χ3n) is 4.34. The summed E-state index contributed by atoms with van der Waals surface area (Å²) >= 11 is 0. The quantitative estimate of drug-likeness (QED) is 0.452. The van der Waals surface area contributed by atoms with E-state index in [0.717, 1.165) is 38.1 Å². The van der Waals surface area contributed by atoms with Gasteiger partial charge in [0.2, 0.25) is 0 Å². The number of hydrogen-bond donors (Lipinski definition) is 1. The summed E-state index contributed by atoms with van der Waals surface area (Å²) in [7, 11) is 6.10. The zero-order chi connectivity index (χ0) is 15.9. The lowest BCUT2D eigenvalue weighted by molar-refractivity contribution is 0.273. The summed E-state index contributed by atoms with van der Waals surface area (Å²) in [4.78, 5) is 9.05. The Hall–Kier alpha value is -0.820. The number of hydrogen-bond acceptors (Lipinski definition) is 2. The molecule has 0 unspecified atom stereocenters. The molecule has 1 aromatic carbocycles. The van der Waals surface area contributed by atoms with Crippen LogP contribution in [-0.2, 0) is 13.1 Å². The third kappa shape index (κ3) is 6.30. The molecule has 0 saturated carbocycles. The number of nitrogens with one attached hydrogen (secondary N) is 1. The molecule has 0 spiro atoms. The first-order valence-electron chi connectivity index (χ1n) is 8.27. The van der Waals surface area contributed by atoms with Crippen LogP contribution in [0.2, 0.25) is 0 Å². The molecule has 23 heavy (non-hydrogen) atoms. The van der Waals surface area contributed by atoms with Crippen molar-refractivity contribution in [2.75, 3.05) is 34.2 Å². The number of likely N-dealkylation sites (tertiary alicyclic amines) is 1. The van der Waals surface area contributed by atoms with Gasteiger partial charge in [0.15, 0.2) is 5.96 Å². The van der Waals surface area contributed by atoms with E-state index in [1.807, 2.05) is 7.05 Å². The first-order valence-corrected chi connectivity index (χ1v) is 8.27. The van der Waals surface area contributed by atoms with Crippen LogP contribution in [0.4, 0.5) is 0 Å². The van der Waals surface area contributed by atoms with Crippen molar-refractivity contribution in [3.05, 3.63) is 35.4 Å². The number of aliphatic imine (C=N–C) groups is 1. The zero-order valence-corrected chi connectivity index (χ0v) is 17.2. The van der Waals surface area contributed by atoms with E-state index in [9.17, 15) is 0 Å². The zero-order valence-electron chi connectivity index (χ0n) is 14.9. The van der Waals surface area contributed by atoms with Crippen molar-refractivity contribution in [1.29, 1.82) is 0 Å². The Balaban J connectivity index is 0.00000264. The fraction of sp³-hybridized carbons (Fsp3) is 0.611. The molecule has 1 aromatic rings. The fourth-order valence-corrected chi connectivity index (χ4v) is 2.95. The Labute approximate surface area is 158 Å². The summed E-state index contributed by atoms with van der Waals surface area (Å²) in [5, 5.41) is 3.54. The number of rotatable bonds is 4. The molecule has 0 aliphatic carbocycles. The molecule has 1 saturated heterocycles. The van der Waals surface area contributed by atoms with Crippen molar-refractivity contribution in [3.8, 4) is 0 Å². The van der Waals surface area contributed by atoms with Gasteiger partial charge in [-0.25, -0.2) is 0 Å². The van der Waals surface area contributed by atoms with Crippen molar-refractivity contribution in [3.63, 3.8) is 0 Å². The highest BCUT2D eigenvalue weighted by Gasteiger charge is 2.18. The van der Waals surface area contributed by atoms with Gasteiger partial charge >= 0.3 is 0 Å². The second-order valence-corrected chi connectivity index (χ2v) is 6.58. The monoisotopic (exact) mass is 430 g/mol. The van der Waals surface area contributed by atoms with Crippen LogP contribution >= 0.6 is 24.0 Å². The van der Waals surface area contributed by atoms with Crippen molar-refractivity contribution in [1.82, 2.24) is 15.1 Å². The van der Waals surface area contributed by atoms with E-state index in [1.165, 1.54) is 24.0 Å². The van der Waals surface area contributed by atoms with Gasteiger partial charge in [-0.2, -0.15) is 0 Å². The minimum Gasteiger partial charge on any atom is -0.352 e. The Kier molecular flexibility index (Phi) is 8.91. The average molecular weight is 430 g/mol. The third-order valence-corrected chi connectivity index (χ3v) is 4.34. The van der Waals surface area contributed by atoms with E-state index >= 15 is 0 Å². The maximum Gasteiger partial charge on any atom is 0.193 e. The highest BCUT2D eigenvalue weighted by atomic mass is 127. The molecular weight excluding hydrogens is 399 g/mol. The molecule has 1 aliphatic rings. The van der Waals surface area contributed by atoms with Gasteiger partial charge in [0, 0.05) is 33.2 Å². The molecule has 1 heterocycles. The summed E-state index contributed by atoms with van der Waals surface area (Å²) in [6.07, 6.45) is 2.52. The van der Waals surface area contributed by atoms with Crippen LogP contribution in [0.5, 0.6) is 0 Å². The molecule has 0 bridgehead atoms. The molecule has 0 atom stereocenters. The van der Waals surface area contributed by atoms with Gasteiger partial charge in [0.1, 0.15) is 0 Å². The van der Waals surface area contributed by atoms with E-state index < -0.39 is 0 Å². The van der Waals surface area contributed by atoms with Crippen LogP contribution in [-0.4, -0.2) is 50.0 Å². The molecule has 1 aliphatic heterocycles. The minimum absolute atomic E-state index is 0. The van der Waals surface area contributed by atoms with Gasteiger partial charge in [-0.15, -0.1) is 24.0 Å². The lowest BCUT2D eigenvalue weighted by Gasteiger charge is -2.33. The summed E-state index contributed by atoms with van der Waals surface area (Å²) in [6, 6.07) is 8.64. The van der Waals surface area contributed by atoms with E-state index in [-0.39, 0.29) is 24.0 Å². The molecule has 1 fully saturated rings. The molecule has 0 radical (unpaired) electrons. The number of nitrogens with zero attached hydrogens (tertiary/aromatic N) is 3. The second-order valence-electron chi connectivity index (χ2n) is 6.58. The standard InChI is InChI=1S/C18H30N4.HI/c1-15-9-11-22(12-10-15)18(19-2)20-13-16-7-5-6-8-17(16)14-21(3)4;/h5-8,15H,9-14H2,1-4H3,(H,19,20);1H. The molecule has 1 N–H and O–H groups in total. The van der Waals surface area contributed by atoms with E-state index in [1.54, 1.807) is 0 Å². The highest BCUT2D eigenvalue weighted by Crippen LogP contribution is 2.16. The van der Waals surface area contributed by atoms with Crippen molar-refractivity contribution in [2.45, 2.75) is 32.9 Å². The second kappa shape index (κ2) is 10.1. The summed E-state index contributed by atoms with van der Waals surface area (Å²) < 4.78 is 0. The van der Waals surface area contributed by atoms with Gasteiger partial charge < -0.3 is 15.1 Å². The predicted molar refractivity (Wildman–Crippen MR) is 109 cm³/mol. The summed E-state index contributed by atoms with van der Waals surface area (Å²) in [5.41, 5.74) is 2.73. The average Bonchev–Trinajstić information content (AvgIpc) is 2.50. The fourth-order valence-electron chi connectivity index (χ4n) is 2.95. The molecule has 4 nitrogen and oxygen atoms in total. The summed E-state index contributed by atoms with van der Waals surface area (Å²) in [6.45, 7) is 6.37. The maximum atomic E-state index is 4.46. The molecule has 130 valence electrons. The van der Waals surface area contributed by atoms with Crippen molar-refractivity contribution < 1.29 is 0 Å². The Morgan fingerprint density at radius 1 is 1.22 bits per heavy atom. The van der Waals surface area contributed by atoms with Gasteiger partial charge in [0.05, 0.1) is 0 Å². The van der Waals surface area contributed by atoms with Crippen LogP contribution < -0.4 is 5.32 Å². The summed E-state index contributed by atoms with van der Waals surface area (Å²) in [5.74, 6) is 1.88. The number of halogens is 1.